The zero-order valence-electron chi connectivity index (χ0n) is 25.4. The number of rotatable bonds is 8. The largest absolute Gasteiger partial charge is 0.483 e. The van der Waals surface area contributed by atoms with Gasteiger partial charge in [0.2, 0.25) is 0 Å². The average Bonchev–Trinajstić information content (AvgIpc) is 3.70. The van der Waals surface area contributed by atoms with Crippen LogP contribution in [0.5, 0.6) is 0 Å². The zero-order chi connectivity index (χ0) is 35.2. The molecule has 0 aliphatic heterocycles. The van der Waals surface area contributed by atoms with Crippen LogP contribution in [0.1, 0.15) is 58.8 Å². The van der Waals surface area contributed by atoms with Gasteiger partial charge in [0.05, 0.1) is 34.1 Å². The van der Waals surface area contributed by atoms with Crippen molar-refractivity contribution in [1.29, 1.82) is 5.26 Å². The van der Waals surface area contributed by atoms with Gasteiger partial charge in [0.15, 0.2) is 11.5 Å². The van der Waals surface area contributed by atoms with Crippen LogP contribution in [0.25, 0.3) is 11.3 Å². The first kappa shape index (κ1) is 35.7. The summed E-state index contributed by atoms with van der Waals surface area (Å²) in [5.41, 5.74) is 4.71. The number of halogens is 4. The summed E-state index contributed by atoms with van der Waals surface area (Å²) in [5, 5.41) is 30.5. The van der Waals surface area contributed by atoms with Crippen molar-refractivity contribution in [3.8, 4) is 17.3 Å². The van der Waals surface area contributed by atoms with Crippen LogP contribution in [0.3, 0.4) is 0 Å². The van der Waals surface area contributed by atoms with Crippen molar-refractivity contribution in [3.05, 3.63) is 52.7 Å². The minimum absolute atomic E-state index is 0.0330. The second-order valence-electron chi connectivity index (χ2n) is 11.3. The van der Waals surface area contributed by atoms with E-state index in [4.69, 9.17) is 32.5 Å². The number of alkyl halides is 3. The van der Waals surface area contributed by atoms with Gasteiger partial charge in [-0.1, -0.05) is 11.6 Å². The molecule has 0 spiro atoms. The number of hydrogen-bond donors (Lipinski definition) is 6. The number of amides is 4. The van der Waals surface area contributed by atoms with E-state index in [0.717, 1.165) is 36.3 Å². The molecule has 2 heterocycles. The van der Waals surface area contributed by atoms with Gasteiger partial charge in [-0.05, 0) is 50.3 Å². The second kappa shape index (κ2) is 15.2. The van der Waals surface area contributed by atoms with Crippen LogP contribution in [0.15, 0.2) is 30.6 Å². The number of hydrogen-bond acceptors (Lipinski definition) is 8. The molecule has 3 aromatic rings. The van der Waals surface area contributed by atoms with Crippen LogP contribution in [-0.4, -0.2) is 72.9 Å². The maximum Gasteiger partial charge on any atom is 0.435 e. The van der Waals surface area contributed by atoms with Gasteiger partial charge < -0.3 is 36.7 Å². The Morgan fingerprint density at radius 1 is 1.12 bits per heavy atom. The minimum atomic E-state index is -4.80. The molecule has 48 heavy (non-hydrogen) atoms. The van der Waals surface area contributed by atoms with Crippen LogP contribution < -0.4 is 27.0 Å². The van der Waals surface area contributed by atoms with E-state index < -0.39 is 30.2 Å². The van der Waals surface area contributed by atoms with Crippen molar-refractivity contribution in [2.75, 3.05) is 5.32 Å². The van der Waals surface area contributed by atoms with E-state index >= 15 is 0 Å². The Morgan fingerprint density at radius 3 is 2.40 bits per heavy atom. The molecule has 5 rings (SSSR count). The molecule has 2 saturated carbocycles. The summed E-state index contributed by atoms with van der Waals surface area (Å²) in [4.78, 5) is 50.3. The van der Waals surface area contributed by atoms with Crippen LogP contribution in [0.2, 0.25) is 5.02 Å². The van der Waals surface area contributed by atoms with Gasteiger partial charge in [-0.2, -0.15) is 23.5 Å². The standard InChI is InChI=1S/C28H30ClF3N10O3.CH2O2/c1-41-22(20-13-42(7-6-33)40-23(20)28(30,31)32)12-35-24(41)26(44)36-16-4-5-19(21(29)11-16)25(43)37-17-9-18(10-17)39-27(45)38-15-3-2-14(34)8-15;2-1-3/h4-5,11-15,17-18H,2-3,7-10,34H2,1H3,(H,36,44)(H,37,43)(H2,38,39,45);1H,(H,2,3)/t14-,15+,17?,18?;/m0./s1. The molecule has 19 heteroatoms. The third kappa shape index (κ3) is 8.60. The van der Waals surface area contributed by atoms with Gasteiger partial charge in [0, 0.05) is 43.1 Å². The van der Waals surface area contributed by atoms with Crippen molar-refractivity contribution in [2.45, 2.75) is 69.0 Å². The molecule has 0 unspecified atom stereocenters. The number of imidazole rings is 1. The van der Waals surface area contributed by atoms with E-state index in [1.54, 1.807) is 6.07 Å². The average molecular weight is 693 g/mol. The molecule has 2 fully saturated rings. The van der Waals surface area contributed by atoms with E-state index in [-0.39, 0.29) is 70.0 Å². The fraction of sp³-hybridized carbons (Fsp3) is 0.414. The molecule has 1 aromatic carbocycles. The van der Waals surface area contributed by atoms with Gasteiger partial charge in [-0.25, -0.2) is 9.78 Å². The van der Waals surface area contributed by atoms with Crippen LogP contribution in [0.4, 0.5) is 23.7 Å². The zero-order valence-corrected chi connectivity index (χ0v) is 26.2. The fourth-order valence-corrected chi connectivity index (χ4v) is 5.75. The Kier molecular flexibility index (Phi) is 11.3. The van der Waals surface area contributed by atoms with E-state index in [2.05, 4.69) is 31.3 Å². The monoisotopic (exact) mass is 692 g/mol. The van der Waals surface area contributed by atoms with Crippen molar-refractivity contribution in [1.82, 2.24) is 35.3 Å². The summed E-state index contributed by atoms with van der Waals surface area (Å²) in [6, 6.07) is 5.72. The number of nitrogens with two attached hydrogens (primary N) is 1. The topological polar surface area (TPSA) is 222 Å². The van der Waals surface area contributed by atoms with E-state index in [1.807, 2.05) is 0 Å². The Bertz CT molecular complexity index is 1710. The first-order valence-corrected chi connectivity index (χ1v) is 15.0. The molecule has 0 saturated heterocycles. The summed E-state index contributed by atoms with van der Waals surface area (Å²) >= 11 is 6.34. The maximum atomic E-state index is 13.6. The summed E-state index contributed by atoms with van der Waals surface area (Å²) < 4.78 is 42.8. The van der Waals surface area contributed by atoms with Gasteiger partial charge >= 0.3 is 12.2 Å². The normalized spacial score (nSPS) is 19.9. The molecule has 0 bridgehead atoms. The van der Waals surface area contributed by atoms with Crippen LogP contribution >= 0.6 is 11.6 Å². The van der Waals surface area contributed by atoms with Crippen molar-refractivity contribution in [3.63, 3.8) is 0 Å². The number of anilines is 1. The molecular formula is C29H32ClF3N10O5. The van der Waals surface area contributed by atoms with E-state index in [1.165, 1.54) is 29.8 Å². The number of nitrogens with zero attached hydrogens (tertiary/aromatic N) is 5. The molecule has 15 nitrogen and oxygen atoms in total. The first-order chi connectivity index (χ1) is 22.7. The van der Waals surface area contributed by atoms with Crippen molar-refractivity contribution >= 4 is 41.6 Å². The predicted molar refractivity (Wildman–Crippen MR) is 165 cm³/mol. The lowest BCUT2D eigenvalue weighted by Gasteiger charge is -2.36. The van der Waals surface area contributed by atoms with Gasteiger partial charge in [0.25, 0.3) is 18.3 Å². The molecule has 2 atom stereocenters. The van der Waals surface area contributed by atoms with Crippen LogP contribution in [-0.2, 0) is 24.6 Å². The second-order valence-corrected chi connectivity index (χ2v) is 11.7. The highest BCUT2D eigenvalue weighted by Gasteiger charge is 2.39. The van der Waals surface area contributed by atoms with E-state index in [9.17, 15) is 27.6 Å². The van der Waals surface area contributed by atoms with E-state index in [0.29, 0.717) is 12.8 Å². The number of urea groups is 1. The molecule has 4 amide bonds. The van der Waals surface area contributed by atoms with Crippen molar-refractivity contribution in [2.24, 2.45) is 12.8 Å². The molecule has 2 aromatic heterocycles. The molecule has 7 N–H and O–H groups in total. The molecule has 256 valence electrons. The number of carbonyl (C=O) groups excluding carboxylic acids is 3. The third-order valence-electron chi connectivity index (χ3n) is 7.82. The SMILES string of the molecule is Cn1c(-c2cn(CC#N)nc2C(F)(F)F)cnc1C(=O)Nc1ccc(C(=O)NC2CC(NC(=O)N[C@@H]3CC[C@H](N)C3)C2)c(Cl)c1.O=CO. The number of benzene rings is 1. The smallest absolute Gasteiger partial charge is 0.435 e. The summed E-state index contributed by atoms with van der Waals surface area (Å²) in [7, 11) is 1.37. The lowest BCUT2D eigenvalue weighted by atomic mass is 9.86. The Hall–Kier alpha value is -5.15. The molecule has 0 radical (unpaired) electrons. The molecule has 2 aliphatic carbocycles. The van der Waals surface area contributed by atoms with Crippen LogP contribution in [0, 0.1) is 11.3 Å². The third-order valence-corrected chi connectivity index (χ3v) is 8.13. The highest BCUT2D eigenvalue weighted by molar-refractivity contribution is 6.34. The van der Waals surface area contributed by atoms with Gasteiger partial charge in [-0.15, -0.1) is 0 Å². The van der Waals surface area contributed by atoms with Crippen molar-refractivity contribution < 1.29 is 37.5 Å². The molecule has 2 aliphatic rings. The number of carbonyl (C=O) groups is 4. The minimum Gasteiger partial charge on any atom is -0.483 e. The Morgan fingerprint density at radius 2 is 1.79 bits per heavy atom. The molecular weight excluding hydrogens is 661 g/mol. The first-order valence-electron chi connectivity index (χ1n) is 14.6. The number of carboxylic acid groups (broad SMARTS) is 1. The summed E-state index contributed by atoms with van der Waals surface area (Å²) in [5.74, 6) is -1.35. The highest BCUT2D eigenvalue weighted by atomic mass is 35.5. The van der Waals surface area contributed by atoms with Gasteiger partial charge in [0.1, 0.15) is 6.54 Å². The summed E-state index contributed by atoms with van der Waals surface area (Å²) in [6.45, 7) is -0.642. The summed E-state index contributed by atoms with van der Waals surface area (Å²) in [6.07, 6.45) is 0.997. The van der Waals surface area contributed by atoms with Gasteiger partial charge in [-0.3, -0.25) is 19.1 Å². The maximum absolute atomic E-state index is 13.6. The quantitative estimate of drug-likeness (QED) is 0.191. The fourth-order valence-electron chi connectivity index (χ4n) is 5.48. The number of nitriles is 1. The number of aromatic nitrogens is 4. The Balaban J connectivity index is 0.00000167. The number of nitrogens with one attached hydrogen (secondary N) is 4. The highest BCUT2D eigenvalue weighted by Crippen LogP contribution is 2.36. The predicted octanol–water partition coefficient (Wildman–Crippen LogP) is 2.87. The Labute approximate surface area is 276 Å². The lowest BCUT2D eigenvalue weighted by Crippen LogP contribution is -2.56. The lowest BCUT2D eigenvalue weighted by molar-refractivity contribution is -0.141.